The van der Waals surface area contributed by atoms with Gasteiger partial charge in [0.05, 0.1) is 5.92 Å². The minimum atomic E-state index is -0.285. The second-order valence-electron chi connectivity index (χ2n) is 4.91. The largest absolute Gasteiger partial charge is 0.369 e. The SMILES string of the molecule is CCN(CC)c1nc(NN)nc(N2CCC(C(N)=O)C2)n1. The van der Waals surface area contributed by atoms with Crippen LogP contribution < -0.4 is 26.8 Å². The topological polar surface area (TPSA) is 126 Å². The maximum atomic E-state index is 11.3. The molecule has 1 saturated heterocycles. The quantitative estimate of drug-likeness (QED) is 0.465. The molecule has 9 nitrogen and oxygen atoms in total. The number of nitrogen functional groups attached to an aromatic ring is 1. The molecular formula is C12H22N8O. The van der Waals surface area contributed by atoms with E-state index < -0.39 is 0 Å². The second-order valence-corrected chi connectivity index (χ2v) is 4.91. The van der Waals surface area contributed by atoms with Gasteiger partial charge < -0.3 is 15.5 Å². The van der Waals surface area contributed by atoms with Crippen LogP contribution in [0.25, 0.3) is 0 Å². The Morgan fingerprint density at radius 2 is 2.10 bits per heavy atom. The van der Waals surface area contributed by atoms with Crippen molar-refractivity contribution in [2.75, 3.05) is 41.4 Å². The minimum absolute atomic E-state index is 0.159. The summed E-state index contributed by atoms with van der Waals surface area (Å²) in [6, 6.07) is 0. The Morgan fingerprint density at radius 3 is 2.62 bits per heavy atom. The van der Waals surface area contributed by atoms with Crippen LogP contribution in [-0.4, -0.2) is 47.0 Å². The van der Waals surface area contributed by atoms with E-state index in [0.29, 0.717) is 37.4 Å². The Balaban J connectivity index is 2.27. The molecule has 1 aliphatic rings. The third-order valence-corrected chi connectivity index (χ3v) is 3.66. The van der Waals surface area contributed by atoms with Crippen LogP contribution in [0.1, 0.15) is 20.3 Å². The number of hydrogen-bond donors (Lipinski definition) is 3. The van der Waals surface area contributed by atoms with E-state index in [1.807, 2.05) is 23.6 Å². The van der Waals surface area contributed by atoms with Crippen molar-refractivity contribution in [3.8, 4) is 0 Å². The first-order valence-corrected chi connectivity index (χ1v) is 7.10. The van der Waals surface area contributed by atoms with E-state index in [-0.39, 0.29) is 11.8 Å². The second kappa shape index (κ2) is 6.53. The van der Waals surface area contributed by atoms with Gasteiger partial charge in [-0.05, 0) is 20.3 Å². The number of anilines is 3. The van der Waals surface area contributed by atoms with Crippen molar-refractivity contribution in [2.24, 2.45) is 17.5 Å². The number of carbonyl (C=O) groups excluding carboxylic acids is 1. The Hall–Kier alpha value is -2.16. The number of hydrazine groups is 1. The van der Waals surface area contributed by atoms with E-state index in [4.69, 9.17) is 11.6 Å². The van der Waals surface area contributed by atoms with Crippen LogP contribution >= 0.6 is 0 Å². The van der Waals surface area contributed by atoms with Gasteiger partial charge in [0.15, 0.2) is 0 Å². The number of amides is 1. The van der Waals surface area contributed by atoms with Crippen LogP contribution in [0.15, 0.2) is 0 Å². The summed E-state index contributed by atoms with van der Waals surface area (Å²) >= 11 is 0. The zero-order valence-electron chi connectivity index (χ0n) is 12.4. The number of nitrogens with zero attached hydrogens (tertiary/aromatic N) is 5. The molecule has 1 aliphatic heterocycles. The van der Waals surface area contributed by atoms with Gasteiger partial charge in [0.25, 0.3) is 0 Å². The smallest absolute Gasteiger partial charge is 0.243 e. The van der Waals surface area contributed by atoms with Crippen LogP contribution in [0, 0.1) is 5.92 Å². The molecular weight excluding hydrogens is 272 g/mol. The van der Waals surface area contributed by atoms with E-state index in [9.17, 15) is 4.79 Å². The summed E-state index contributed by atoms with van der Waals surface area (Å²) in [7, 11) is 0. The highest BCUT2D eigenvalue weighted by Crippen LogP contribution is 2.23. The van der Waals surface area contributed by atoms with Gasteiger partial charge >= 0.3 is 0 Å². The van der Waals surface area contributed by atoms with Gasteiger partial charge in [0.2, 0.25) is 23.8 Å². The highest BCUT2D eigenvalue weighted by Gasteiger charge is 2.29. The van der Waals surface area contributed by atoms with Crippen LogP contribution in [0.3, 0.4) is 0 Å². The van der Waals surface area contributed by atoms with Crippen molar-refractivity contribution in [1.82, 2.24) is 15.0 Å². The normalized spacial score (nSPS) is 17.9. The first-order valence-electron chi connectivity index (χ1n) is 7.10. The van der Waals surface area contributed by atoms with Crippen molar-refractivity contribution in [1.29, 1.82) is 0 Å². The molecule has 1 atom stereocenters. The average Bonchev–Trinajstić information content (AvgIpc) is 2.98. The lowest BCUT2D eigenvalue weighted by atomic mass is 10.1. The molecule has 1 amide bonds. The molecule has 21 heavy (non-hydrogen) atoms. The summed E-state index contributed by atoms with van der Waals surface area (Å²) in [5.41, 5.74) is 7.82. The van der Waals surface area contributed by atoms with Crippen LogP contribution in [0.4, 0.5) is 17.8 Å². The van der Waals surface area contributed by atoms with Gasteiger partial charge in [-0.25, -0.2) is 5.84 Å². The molecule has 1 aromatic heterocycles. The van der Waals surface area contributed by atoms with E-state index in [2.05, 4.69) is 20.4 Å². The molecule has 0 aromatic carbocycles. The van der Waals surface area contributed by atoms with Crippen LogP contribution in [0.2, 0.25) is 0 Å². The fraction of sp³-hybridized carbons (Fsp3) is 0.667. The van der Waals surface area contributed by atoms with Crippen molar-refractivity contribution in [3.63, 3.8) is 0 Å². The predicted octanol–water partition coefficient (Wildman–Crippen LogP) is -0.685. The lowest BCUT2D eigenvalue weighted by Crippen LogP contribution is -2.30. The van der Waals surface area contributed by atoms with Gasteiger partial charge in [-0.15, -0.1) is 0 Å². The maximum absolute atomic E-state index is 11.3. The summed E-state index contributed by atoms with van der Waals surface area (Å²) in [5.74, 6) is 6.38. The molecule has 0 bridgehead atoms. The molecule has 0 saturated carbocycles. The molecule has 0 aliphatic carbocycles. The molecule has 5 N–H and O–H groups in total. The monoisotopic (exact) mass is 294 g/mol. The van der Waals surface area contributed by atoms with Gasteiger partial charge in [-0.3, -0.25) is 10.2 Å². The first-order chi connectivity index (χ1) is 10.1. The summed E-state index contributed by atoms with van der Waals surface area (Å²) in [4.78, 5) is 28.2. The number of rotatable bonds is 6. The number of hydrogen-bond acceptors (Lipinski definition) is 8. The fourth-order valence-electron chi connectivity index (χ4n) is 2.38. The summed E-state index contributed by atoms with van der Waals surface area (Å²) in [6.45, 7) is 6.85. The molecule has 0 radical (unpaired) electrons. The predicted molar refractivity (Wildman–Crippen MR) is 80.7 cm³/mol. The molecule has 116 valence electrons. The zero-order valence-corrected chi connectivity index (χ0v) is 12.4. The fourth-order valence-corrected chi connectivity index (χ4v) is 2.38. The summed E-state index contributed by atoms with van der Waals surface area (Å²) in [5, 5.41) is 0. The van der Waals surface area contributed by atoms with Crippen LogP contribution in [0.5, 0.6) is 0 Å². The molecule has 2 rings (SSSR count). The molecule has 0 spiro atoms. The number of carbonyl (C=O) groups is 1. The average molecular weight is 294 g/mol. The van der Waals surface area contributed by atoms with E-state index in [1.54, 1.807) is 0 Å². The maximum Gasteiger partial charge on any atom is 0.243 e. The van der Waals surface area contributed by atoms with Gasteiger partial charge in [-0.2, -0.15) is 15.0 Å². The molecule has 1 aromatic rings. The Morgan fingerprint density at radius 1 is 1.38 bits per heavy atom. The van der Waals surface area contributed by atoms with E-state index >= 15 is 0 Å². The van der Waals surface area contributed by atoms with E-state index in [1.165, 1.54) is 0 Å². The molecule has 9 heteroatoms. The highest BCUT2D eigenvalue weighted by atomic mass is 16.1. The Labute approximate surface area is 123 Å². The number of nitrogens with one attached hydrogen (secondary N) is 1. The number of nitrogens with two attached hydrogens (primary N) is 2. The van der Waals surface area contributed by atoms with Crippen molar-refractivity contribution in [2.45, 2.75) is 20.3 Å². The minimum Gasteiger partial charge on any atom is -0.369 e. The third kappa shape index (κ3) is 3.30. The van der Waals surface area contributed by atoms with Crippen LogP contribution in [-0.2, 0) is 4.79 Å². The first kappa shape index (κ1) is 15.2. The Bertz CT molecular complexity index is 504. The zero-order chi connectivity index (χ0) is 15.4. The van der Waals surface area contributed by atoms with Crippen molar-refractivity contribution < 1.29 is 4.79 Å². The lowest BCUT2D eigenvalue weighted by Gasteiger charge is -2.22. The summed E-state index contributed by atoms with van der Waals surface area (Å²) in [6.07, 6.45) is 0.715. The van der Waals surface area contributed by atoms with Crippen molar-refractivity contribution >= 4 is 23.8 Å². The standard InChI is InChI=1S/C12H22N8O/c1-3-19(4-2)11-15-10(18-14)16-12(17-11)20-6-5-8(7-20)9(13)21/h8H,3-7,14H2,1-2H3,(H2,13,21)(H,15,16,17,18). The highest BCUT2D eigenvalue weighted by molar-refractivity contribution is 5.78. The number of aromatic nitrogens is 3. The Kier molecular flexibility index (Phi) is 4.73. The molecule has 1 fully saturated rings. The van der Waals surface area contributed by atoms with Gasteiger partial charge in [-0.1, -0.05) is 0 Å². The van der Waals surface area contributed by atoms with Crippen molar-refractivity contribution in [3.05, 3.63) is 0 Å². The molecule has 2 heterocycles. The van der Waals surface area contributed by atoms with Gasteiger partial charge in [0, 0.05) is 26.2 Å². The third-order valence-electron chi connectivity index (χ3n) is 3.66. The lowest BCUT2D eigenvalue weighted by molar-refractivity contribution is -0.121. The molecule has 1 unspecified atom stereocenters. The summed E-state index contributed by atoms with van der Waals surface area (Å²) < 4.78 is 0. The van der Waals surface area contributed by atoms with Gasteiger partial charge in [0.1, 0.15) is 0 Å². The van der Waals surface area contributed by atoms with E-state index in [0.717, 1.165) is 13.1 Å². The number of primary amides is 1.